The third-order valence-corrected chi connectivity index (χ3v) is 5.70. The molecule has 2 aliphatic heterocycles. The Morgan fingerprint density at radius 2 is 2.07 bits per heavy atom. The third-order valence-electron chi connectivity index (χ3n) is 5.70. The number of hydrogen-bond acceptors (Lipinski definition) is 5. The van der Waals surface area contributed by atoms with E-state index >= 15 is 0 Å². The van der Waals surface area contributed by atoms with Gasteiger partial charge in [0.05, 0.1) is 6.26 Å². The van der Waals surface area contributed by atoms with Crippen LogP contribution in [0.5, 0.6) is 0 Å². The zero-order valence-corrected chi connectivity index (χ0v) is 16.4. The number of H-pyrrole nitrogens is 1. The lowest BCUT2D eigenvalue weighted by Crippen LogP contribution is -2.54. The van der Waals surface area contributed by atoms with Crippen LogP contribution in [0.2, 0.25) is 0 Å². The van der Waals surface area contributed by atoms with Gasteiger partial charge in [-0.2, -0.15) is 5.10 Å². The average Bonchev–Trinajstić information content (AvgIpc) is 3.28. The molecule has 0 aromatic carbocycles. The Hall–Kier alpha value is -3.16. The van der Waals surface area contributed by atoms with Crippen molar-refractivity contribution in [1.29, 1.82) is 0 Å². The molecule has 4 rings (SSSR count). The Balaban J connectivity index is 1.54. The molecule has 152 valence electrons. The SMILES string of the molecule is CC1=C(c2ccco2)CN(C(=O)C2CCCCN2C(=O)c2ccc(=O)[nH]n2)CC1. The molecule has 1 unspecified atom stereocenters. The highest BCUT2D eigenvalue weighted by Crippen LogP contribution is 2.29. The fourth-order valence-electron chi connectivity index (χ4n) is 4.04. The van der Waals surface area contributed by atoms with Crippen LogP contribution in [-0.2, 0) is 4.79 Å². The Morgan fingerprint density at radius 3 is 2.79 bits per heavy atom. The van der Waals surface area contributed by atoms with Gasteiger partial charge in [0.25, 0.3) is 11.5 Å². The number of amides is 2. The molecular weight excluding hydrogens is 372 g/mol. The molecule has 1 fully saturated rings. The van der Waals surface area contributed by atoms with Crippen LogP contribution >= 0.6 is 0 Å². The van der Waals surface area contributed by atoms with Gasteiger partial charge in [-0.25, -0.2) is 5.10 Å². The molecule has 0 saturated carbocycles. The largest absolute Gasteiger partial charge is 0.465 e. The monoisotopic (exact) mass is 396 g/mol. The van der Waals surface area contributed by atoms with E-state index in [1.807, 2.05) is 17.0 Å². The number of furan rings is 1. The number of carbonyl (C=O) groups excluding carboxylic acids is 2. The molecule has 0 bridgehead atoms. The van der Waals surface area contributed by atoms with Crippen LogP contribution in [0.3, 0.4) is 0 Å². The Morgan fingerprint density at radius 1 is 1.21 bits per heavy atom. The zero-order valence-electron chi connectivity index (χ0n) is 16.4. The summed E-state index contributed by atoms with van der Waals surface area (Å²) in [6.45, 7) is 3.68. The van der Waals surface area contributed by atoms with Crippen LogP contribution in [0.15, 0.2) is 45.3 Å². The van der Waals surface area contributed by atoms with Crippen molar-refractivity contribution in [2.75, 3.05) is 19.6 Å². The predicted octanol–water partition coefficient (Wildman–Crippen LogP) is 2.06. The maximum Gasteiger partial charge on any atom is 0.274 e. The van der Waals surface area contributed by atoms with E-state index in [-0.39, 0.29) is 23.1 Å². The Kier molecular flexibility index (Phi) is 5.33. The molecule has 2 aromatic heterocycles. The van der Waals surface area contributed by atoms with Gasteiger partial charge < -0.3 is 14.2 Å². The van der Waals surface area contributed by atoms with Gasteiger partial charge in [-0.3, -0.25) is 14.4 Å². The normalized spacial score (nSPS) is 20.1. The summed E-state index contributed by atoms with van der Waals surface area (Å²) >= 11 is 0. The van der Waals surface area contributed by atoms with E-state index in [2.05, 4.69) is 17.1 Å². The van der Waals surface area contributed by atoms with Gasteiger partial charge in [-0.15, -0.1) is 0 Å². The van der Waals surface area contributed by atoms with Gasteiger partial charge in [0.1, 0.15) is 17.5 Å². The summed E-state index contributed by atoms with van der Waals surface area (Å²) in [6, 6.07) is 5.91. The first-order valence-electron chi connectivity index (χ1n) is 9.92. The van der Waals surface area contributed by atoms with Gasteiger partial charge in [0, 0.05) is 31.3 Å². The van der Waals surface area contributed by atoms with Crippen LogP contribution in [0.25, 0.3) is 5.57 Å². The number of aromatic nitrogens is 2. The van der Waals surface area contributed by atoms with E-state index in [0.29, 0.717) is 26.1 Å². The topological polar surface area (TPSA) is 99.5 Å². The number of hydrogen-bond donors (Lipinski definition) is 1. The molecule has 29 heavy (non-hydrogen) atoms. The quantitative estimate of drug-likeness (QED) is 0.856. The molecule has 2 aromatic rings. The van der Waals surface area contributed by atoms with Crippen molar-refractivity contribution in [3.8, 4) is 0 Å². The standard InChI is InChI=1S/C21H24N4O4/c1-14-9-11-24(13-15(14)18-6-4-12-29-18)21(28)17-5-2-3-10-25(17)20(27)16-7-8-19(26)23-22-16/h4,6-8,12,17H,2-3,5,9-11,13H2,1H3,(H,23,26). The summed E-state index contributed by atoms with van der Waals surface area (Å²) in [4.78, 5) is 41.0. The number of nitrogens with zero attached hydrogens (tertiary/aromatic N) is 3. The minimum atomic E-state index is -0.513. The second kappa shape index (κ2) is 8.06. The summed E-state index contributed by atoms with van der Waals surface area (Å²) in [5.74, 6) is 0.419. The Bertz CT molecular complexity index is 972. The number of piperidine rings is 1. The van der Waals surface area contributed by atoms with E-state index < -0.39 is 6.04 Å². The van der Waals surface area contributed by atoms with Crippen molar-refractivity contribution in [2.24, 2.45) is 0 Å². The summed E-state index contributed by atoms with van der Waals surface area (Å²) in [5, 5.41) is 6.13. The molecule has 8 nitrogen and oxygen atoms in total. The van der Waals surface area contributed by atoms with E-state index in [4.69, 9.17) is 4.42 Å². The molecule has 8 heteroatoms. The maximum absolute atomic E-state index is 13.4. The van der Waals surface area contributed by atoms with Crippen molar-refractivity contribution in [1.82, 2.24) is 20.0 Å². The molecule has 2 aliphatic rings. The summed E-state index contributed by atoms with van der Waals surface area (Å²) < 4.78 is 5.55. The highest BCUT2D eigenvalue weighted by molar-refractivity contribution is 5.96. The molecule has 0 radical (unpaired) electrons. The van der Waals surface area contributed by atoms with E-state index in [0.717, 1.165) is 30.6 Å². The number of nitrogens with one attached hydrogen (secondary N) is 1. The van der Waals surface area contributed by atoms with Crippen molar-refractivity contribution >= 4 is 17.4 Å². The molecule has 2 amide bonds. The summed E-state index contributed by atoms with van der Waals surface area (Å²) in [6.07, 6.45) is 4.78. The van der Waals surface area contributed by atoms with Gasteiger partial charge in [-0.1, -0.05) is 5.57 Å². The number of rotatable bonds is 3. The van der Waals surface area contributed by atoms with Gasteiger partial charge in [0.15, 0.2) is 0 Å². The van der Waals surface area contributed by atoms with Crippen molar-refractivity contribution in [3.05, 3.63) is 57.9 Å². The minimum Gasteiger partial charge on any atom is -0.465 e. The first-order chi connectivity index (χ1) is 14.0. The molecule has 4 heterocycles. The maximum atomic E-state index is 13.4. The molecule has 1 N–H and O–H groups in total. The first-order valence-corrected chi connectivity index (χ1v) is 9.92. The van der Waals surface area contributed by atoms with Crippen LogP contribution in [0, 0.1) is 0 Å². The first kappa shape index (κ1) is 19.2. The van der Waals surface area contributed by atoms with Crippen LogP contribution in [0.4, 0.5) is 0 Å². The lowest BCUT2D eigenvalue weighted by molar-refractivity contribution is -0.136. The smallest absolute Gasteiger partial charge is 0.274 e. The highest BCUT2D eigenvalue weighted by atomic mass is 16.3. The number of carbonyl (C=O) groups is 2. The summed E-state index contributed by atoms with van der Waals surface area (Å²) in [5.41, 5.74) is 2.03. The predicted molar refractivity (Wildman–Crippen MR) is 106 cm³/mol. The lowest BCUT2D eigenvalue weighted by atomic mass is 9.96. The van der Waals surface area contributed by atoms with Crippen LogP contribution in [-0.4, -0.2) is 57.5 Å². The molecule has 0 spiro atoms. The molecule has 0 aliphatic carbocycles. The fraction of sp³-hybridized carbons (Fsp3) is 0.429. The fourth-order valence-corrected chi connectivity index (χ4v) is 4.04. The lowest BCUT2D eigenvalue weighted by Gasteiger charge is -2.39. The van der Waals surface area contributed by atoms with Crippen molar-refractivity contribution < 1.29 is 14.0 Å². The molecule has 1 saturated heterocycles. The van der Waals surface area contributed by atoms with Crippen molar-refractivity contribution in [3.63, 3.8) is 0 Å². The zero-order chi connectivity index (χ0) is 20.4. The van der Waals surface area contributed by atoms with Gasteiger partial charge in [-0.05, 0) is 50.8 Å². The van der Waals surface area contributed by atoms with Crippen LogP contribution in [0.1, 0.15) is 48.9 Å². The molecular formula is C21H24N4O4. The van der Waals surface area contributed by atoms with Crippen LogP contribution < -0.4 is 5.56 Å². The van der Waals surface area contributed by atoms with Crippen molar-refractivity contribution in [2.45, 2.75) is 38.6 Å². The second-order valence-electron chi connectivity index (χ2n) is 7.56. The second-order valence-corrected chi connectivity index (χ2v) is 7.56. The summed E-state index contributed by atoms with van der Waals surface area (Å²) in [7, 11) is 0. The Labute approximate surface area is 168 Å². The highest BCUT2D eigenvalue weighted by Gasteiger charge is 2.37. The third kappa shape index (κ3) is 3.87. The van der Waals surface area contributed by atoms with E-state index in [1.165, 1.54) is 17.7 Å². The average molecular weight is 396 g/mol. The number of likely N-dealkylation sites (tertiary alicyclic amines) is 1. The van der Waals surface area contributed by atoms with E-state index in [1.54, 1.807) is 11.2 Å². The molecule has 1 atom stereocenters. The number of aromatic amines is 1. The van der Waals surface area contributed by atoms with E-state index in [9.17, 15) is 14.4 Å². The van der Waals surface area contributed by atoms with Gasteiger partial charge >= 0.3 is 0 Å². The van der Waals surface area contributed by atoms with Gasteiger partial charge in [0.2, 0.25) is 5.91 Å². The minimum absolute atomic E-state index is 0.0426.